The number of nitrogens with zero attached hydrogens (tertiary/aromatic N) is 2. The number of hydrogen-bond acceptors (Lipinski definition) is 1. The third kappa shape index (κ3) is 5.10. The fraction of sp³-hybridized carbons (Fsp3) is 0.0488. The largest absolute Gasteiger partial charge is 0.337 e. The normalized spacial score (nSPS) is 11.0. The topological polar surface area (TPSA) is 26.9 Å². The highest BCUT2D eigenvalue weighted by Gasteiger charge is 2.17. The summed E-state index contributed by atoms with van der Waals surface area (Å²) >= 11 is 0. The highest BCUT2D eigenvalue weighted by Crippen LogP contribution is 2.29. The van der Waals surface area contributed by atoms with Crippen molar-refractivity contribution in [2.24, 2.45) is 0 Å². The Balaban J connectivity index is 1.18. The van der Waals surface area contributed by atoms with Crippen molar-refractivity contribution in [2.75, 3.05) is 0 Å². The average molecular weight is 569 g/mol. The molecule has 0 aliphatic rings. The van der Waals surface area contributed by atoms with E-state index in [0.717, 1.165) is 45.0 Å². The van der Waals surface area contributed by atoms with E-state index in [2.05, 4.69) is 121 Å². The van der Waals surface area contributed by atoms with Gasteiger partial charge in [0, 0.05) is 11.4 Å². The van der Waals surface area contributed by atoms with Gasteiger partial charge in [-0.25, -0.2) is 4.79 Å². The Hall–Kier alpha value is -5.67. The molecule has 3 nitrogen and oxygen atoms in total. The molecule has 0 bridgehead atoms. The van der Waals surface area contributed by atoms with Crippen LogP contribution < -0.4 is 5.69 Å². The Labute approximate surface area is 258 Å². The predicted molar refractivity (Wildman–Crippen MR) is 183 cm³/mol. The molecule has 6 aromatic carbocycles. The van der Waals surface area contributed by atoms with Gasteiger partial charge in [-0.2, -0.15) is 0 Å². The molecule has 0 spiro atoms. The summed E-state index contributed by atoms with van der Waals surface area (Å²) in [5.41, 5.74) is 12.7. The zero-order chi connectivity index (χ0) is 30.0. The van der Waals surface area contributed by atoms with Crippen molar-refractivity contribution in [3.05, 3.63) is 180 Å². The van der Waals surface area contributed by atoms with E-state index in [4.69, 9.17) is 0 Å². The molecule has 0 unspecified atom stereocenters. The first-order valence-corrected chi connectivity index (χ1v) is 14.9. The summed E-state index contributed by atoms with van der Waals surface area (Å²) in [5, 5.41) is 0. The number of benzene rings is 6. The SMILES string of the molecule is Cc1c(C)n(-c2ccc(-c3cccc(-c4ccccc4)c3)cc2)c(=O)n1-c1ccc(-c2cccc(-c3ccccc3)c2)cc1. The van der Waals surface area contributed by atoms with Crippen LogP contribution >= 0.6 is 0 Å². The van der Waals surface area contributed by atoms with Crippen LogP contribution in [0.3, 0.4) is 0 Å². The van der Waals surface area contributed by atoms with Gasteiger partial charge in [-0.1, -0.05) is 121 Å². The maximum Gasteiger partial charge on any atom is 0.337 e. The Morgan fingerprint density at radius 1 is 0.341 bits per heavy atom. The molecular formula is C41H32N2O. The molecule has 0 radical (unpaired) electrons. The quantitative estimate of drug-likeness (QED) is 0.196. The molecule has 1 aromatic heterocycles. The summed E-state index contributed by atoms with van der Waals surface area (Å²) < 4.78 is 3.60. The molecule has 7 aromatic rings. The van der Waals surface area contributed by atoms with Crippen LogP contribution in [0.15, 0.2) is 163 Å². The first-order valence-electron chi connectivity index (χ1n) is 14.9. The van der Waals surface area contributed by atoms with Crippen molar-refractivity contribution in [1.82, 2.24) is 9.13 Å². The summed E-state index contributed by atoms with van der Waals surface area (Å²) in [6, 6.07) is 54.5. The lowest BCUT2D eigenvalue weighted by Crippen LogP contribution is -2.22. The monoisotopic (exact) mass is 568 g/mol. The van der Waals surface area contributed by atoms with Crippen molar-refractivity contribution in [1.29, 1.82) is 0 Å². The second kappa shape index (κ2) is 11.5. The lowest BCUT2D eigenvalue weighted by molar-refractivity contribution is 0.888. The van der Waals surface area contributed by atoms with E-state index in [-0.39, 0.29) is 5.69 Å². The minimum atomic E-state index is -0.0716. The van der Waals surface area contributed by atoms with Crippen molar-refractivity contribution >= 4 is 0 Å². The van der Waals surface area contributed by atoms with Gasteiger partial charge < -0.3 is 0 Å². The van der Waals surface area contributed by atoms with Crippen molar-refractivity contribution in [3.8, 4) is 55.9 Å². The average Bonchev–Trinajstić information content (AvgIpc) is 3.32. The van der Waals surface area contributed by atoms with E-state index in [0.29, 0.717) is 0 Å². The molecule has 1 heterocycles. The molecule has 44 heavy (non-hydrogen) atoms. The fourth-order valence-corrected chi connectivity index (χ4v) is 5.94. The second-order valence-corrected chi connectivity index (χ2v) is 11.1. The first-order chi connectivity index (χ1) is 21.6. The molecule has 0 saturated carbocycles. The van der Waals surface area contributed by atoms with Crippen LogP contribution in [-0.4, -0.2) is 9.13 Å². The van der Waals surface area contributed by atoms with Gasteiger partial charge in [-0.05, 0) is 94.8 Å². The van der Waals surface area contributed by atoms with Gasteiger partial charge >= 0.3 is 5.69 Å². The summed E-state index contributed by atoms with van der Waals surface area (Å²) in [4.78, 5) is 13.9. The van der Waals surface area contributed by atoms with Gasteiger partial charge in [0.05, 0.1) is 11.4 Å². The van der Waals surface area contributed by atoms with E-state index in [9.17, 15) is 4.79 Å². The highest BCUT2D eigenvalue weighted by molar-refractivity contribution is 5.74. The third-order valence-corrected chi connectivity index (χ3v) is 8.43. The minimum Gasteiger partial charge on any atom is -0.265 e. The fourth-order valence-electron chi connectivity index (χ4n) is 5.94. The number of rotatable bonds is 6. The van der Waals surface area contributed by atoms with E-state index in [1.807, 2.05) is 50.2 Å². The lowest BCUT2D eigenvalue weighted by atomic mass is 9.99. The van der Waals surface area contributed by atoms with Crippen LogP contribution in [0.1, 0.15) is 11.4 Å². The van der Waals surface area contributed by atoms with Gasteiger partial charge in [-0.3, -0.25) is 9.13 Å². The molecule has 0 N–H and O–H groups in total. The summed E-state index contributed by atoms with van der Waals surface area (Å²) in [5.74, 6) is 0. The van der Waals surface area contributed by atoms with Gasteiger partial charge in [0.25, 0.3) is 0 Å². The maximum atomic E-state index is 13.9. The molecule has 3 heteroatoms. The number of hydrogen-bond donors (Lipinski definition) is 0. The zero-order valence-corrected chi connectivity index (χ0v) is 24.8. The van der Waals surface area contributed by atoms with Gasteiger partial charge in [-0.15, -0.1) is 0 Å². The summed E-state index contributed by atoms with van der Waals surface area (Å²) in [6.07, 6.45) is 0. The third-order valence-electron chi connectivity index (χ3n) is 8.43. The van der Waals surface area contributed by atoms with Crippen molar-refractivity contribution in [2.45, 2.75) is 13.8 Å². The lowest BCUT2D eigenvalue weighted by Gasteiger charge is -2.09. The molecule has 0 fully saturated rings. The van der Waals surface area contributed by atoms with Crippen molar-refractivity contribution < 1.29 is 0 Å². The second-order valence-electron chi connectivity index (χ2n) is 11.1. The van der Waals surface area contributed by atoms with Crippen LogP contribution in [0.25, 0.3) is 55.9 Å². The molecule has 0 atom stereocenters. The number of aromatic nitrogens is 2. The maximum absolute atomic E-state index is 13.9. The molecule has 0 amide bonds. The van der Waals surface area contributed by atoms with E-state index >= 15 is 0 Å². The summed E-state index contributed by atoms with van der Waals surface area (Å²) in [6.45, 7) is 4.02. The standard InChI is InChI=1S/C41H32N2O/c1-29-30(2)43(40-25-21-34(22-26-40)38-18-10-16-36(28-38)32-13-7-4-8-14-32)41(44)42(29)39-23-19-33(20-24-39)37-17-9-15-35(27-37)31-11-5-3-6-12-31/h3-28H,1-2H3. The highest BCUT2D eigenvalue weighted by atomic mass is 16.1. The molecule has 7 rings (SSSR count). The van der Waals surface area contributed by atoms with E-state index in [1.165, 1.54) is 22.3 Å². The molecule has 0 saturated heterocycles. The minimum absolute atomic E-state index is 0.0716. The molecule has 0 aliphatic carbocycles. The van der Waals surface area contributed by atoms with Gasteiger partial charge in [0.2, 0.25) is 0 Å². The first kappa shape index (κ1) is 27.2. The molecular weight excluding hydrogens is 536 g/mol. The Bertz CT molecular complexity index is 1970. The van der Waals surface area contributed by atoms with Gasteiger partial charge in [0.15, 0.2) is 0 Å². The predicted octanol–water partition coefficient (Wildman–Crippen LogP) is 9.91. The van der Waals surface area contributed by atoms with Crippen LogP contribution in [0.2, 0.25) is 0 Å². The van der Waals surface area contributed by atoms with Crippen molar-refractivity contribution in [3.63, 3.8) is 0 Å². The smallest absolute Gasteiger partial charge is 0.265 e. The zero-order valence-electron chi connectivity index (χ0n) is 24.8. The van der Waals surface area contributed by atoms with Crippen LogP contribution in [0.4, 0.5) is 0 Å². The molecule has 0 aliphatic heterocycles. The van der Waals surface area contributed by atoms with Crippen LogP contribution in [0.5, 0.6) is 0 Å². The van der Waals surface area contributed by atoms with Crippen LogP contribution in [0, 0.1) is 13.8 Å². The Morgan fingerprint density at radius 2 is 0.636 bits per heavy atom. The van der Waals surface area contributed by atoms with Crippen LogP contribution in [-0.2, 0) is 0 Å². The summed E-state index contributed by atoms with van der Waals surface area (Å²) in [7, 11) is 0. The van der Waals surface area contributed by atoms with Gasteiger partial charge in [0.1, 0.15) is 0 Å². The Morgan fingerprint density at radius 3 is 0.977 bits per heavy atom. The Kier molecular flexibility index (Phi) is 7.13. The molecule has 212 valence electrons. The number of imidazole rings is 1. The van der Waals surface area contributed by atoms with E-state index in [1.54, 1.807) is 9.13 Å². The van der Waals surface area contributed by atoms with E-state index < -0.39 is 0 Å².